The number of aromatic nitrogens is 2. The highest BCUT2D eigenvalue weighted by atomic mass is 16.5. The number of hydrogen-bond acceptors (Lipinski definition) is 4. The van der Waals surface area contributed by atoms with Crippen molar-refractivity contribution in [2.24, 2.45) is 0 Å². The van der Waals surface area contributed by atoms with Crippen molar-refractivity contribution >= 4 is 0 Å². The van der Waals surface area contributed by atoms with Crippen LogP contribution in [0.1, 0.15) is 50.7 Å². The molecule has 1 rings (SSSR count). The van der Waals surface area contributed by atoms with Crippen LogP contribution in [0.25, 0.3) is 0 Å². The highest BCUT2D eigenvalue weighted by Gasteiger charge is 2.04. The molecular weight excluding hydrogens is 190 g/mol. The topological polar surface area (TPSA) is 51.0 Å². The Kier molecular flexibility index (Phi) is 6.00. The first-order valence-electron chi connectivity index (χ1n) is 5.83. The molecule has 1 aromatic rings. The van der Waals surface area contributed by atoms with Gasteiger partial charge in [-0.15, -0.1) is 0 Å². The van der Waals surface area contributed by atoms with E-state index in [-0.39, 0.29) is 0 Å². The molecule has 0 aromatic carbocycles. The van der Waals surface area contributed by atoms with Crippen LogP contribution >= 0.6 is 0 Å². The van der Waals surface area contributed by atoms with Crippen LogP contribution in [0.5, 0.6) is 0 Å². The summed E-state index contributed by atoms with van der Waals surface area (Å²) in [6.07, 6.45) is 7.26. The Labute approximate surface area is 91.5 Å². The molecular formula is C11H21N3O. The van der Waals surface area contributed by atoms with Gasteiger partial charge in [-0.2, -0.15) is 4.98 Å². The first-order valence-corrected chi connectivity index (χ1v) is 5.83. The second-order valence-corrected chi connectivity index (χ2v) is 3.80. The average molecular weight is 211 g/mol. The molecule has 1 N–H and O–H groups in total. The third-order valence-electron chi connectivity index (χ3n) is 2.34. The predicted molar refractivity (Wildman–Crippen MR) is 59.5 cm³/mol. The molecule has 0 amide bonds. The van der Waals surface area contributed by atoms with Gasteiger partial charge in [0.1, 0.15) is 0 Å². The van der Waals surface area contributed by atoms with Crippen LogP contribution in [-0.2, 0) is 13.0 Å². The molecule has 0 atom stereocenters. The summed E-state index contributed by atoms with van der Waals surface area (Å²) in [7, 11) is 1.88. The van der Waals surface area contributed by atoms with E-state index in [9.17, 15) is 0 Å². The zero-order valence-electron chi connectivity index (χ0n) is 9.75. The Balaban J connectivity index is 2.14. The second-order valence-electron chi connectivity index (χ2n) is 3.80. The van der Waals surface area contributed by atoms with Crippen molar-refractivity contribution in [3.63, 3.8) is 0 Å². The predicted octanol–water partition coefficient (Wildman–Crippen LogP) is 2.30. The molecule has 1 aromatic heterocycles. The van der Waals surface area contributed by atoms with Gasteiger partial charge in [-0.05, 0) is 13.5 Å². The third-order valence-corrected chi connectivity index (χ3v) is 2.34. The number of hydrogen-bond donors (Lipinski definition) is 1. The van der Waals surface area contributed by atoms with Crippen LogP contribution in [0.2, 0.25) is 0 Å². The molecule has 15 heavy (non-hydrogen) atoms. The van der Waals surface area contributed by atoms with E-state index in [1.54, 1.807) is 0 Å². The maximum atomic E-state index is 5.12. The summed E-state index contributed by atoms with van der Waals surface area (Å²) in [4.78, 5) is 4.28. The molecule has 4 heteroatoms. The molecule has 0 aliphatic carbocycles. The van der Waals surface area contributed by atoms with Gasteiger partial charge in [0.05, 0.1) is 6.54 Å². The van der Waals surface area contributed by atoms with Gasteiger partial charge in [-0.1, -0.05) is 37.8 Å². The van der Waals surface area contributed by atoms with Crippen molar-refractivity contribution in [2.75, 3.05) is 7.05 Å². The normalized spacial score (nSPS) is 10.8. The molecule has 86 valence electrons. The largest absolute Gasteiger partial charge is 0.339 e. The van der Waals surface area contributed by atoms with Gasteiger partial charge in [-0.25, -0.2) is 0 Å². The van der Waals surface area contributed by atoms with E-state index in [4.69, 9.17) is 4.52 Å². The maximum Gasteiger partial charge on any atom is 0.226 e. The second kappa shape index (κ2) is 7.40. The van der Waals surface area contributed by atoms with Gasteiger partial charge in [0, 0.05) is 6.42 Å². The Morgan fingerprint density at radius 1 is 1.20 bits per heavy atom. The smallest absolute Gasteiger partial charge is 0.226 e. The SMILES string of the molecule is CCCCCCCc1nc(CNC)no1. The fraction of sp³-hybridized carbons (Fsp3) is 0.818. The van der Waals surface area contributed by atoms with Crippen molar-refractivity contribution in [2.45, 2.75) is 52.0 Å². The molecule has 0 fully saturated rings. The van der Waals surface area contributed by atoms with Crippen molar-refractivity contribution < 1.29 is 4.52 Å². The summed E-state index contributed by atoms with van der Waals surface area (Å²) in [5.41, 5.74) is 0. The van der Waals surface area contributed by atoms with Gasteiger partial charge in [0.25, 0.3) is 0 Å². The van der Waals surface area contributed by atoms with Gasteiger partial charge in [0.15, 0.2) is 5.82 Å². The van der Waals surface area contributed by atoms with E-state index in [1.165, 1.54) is 25.7 Å². The molecule has 1 heterocycles. The Bertz CT molecular complexity index is 260. The molecule has 0 unspecified atom stereocenters. The molecule has 0 saturated carbocycles. The molecule has 0 bridgehead atoms. The average Bonchev–Trinajstić information content (AvgIpc) is 2.66. The summed E-state index contributed by atoms with van der Waals surface area (Å²) < 4.78 is 5.12. The lowest BCUT2D eigenvalue weighted by Gasteiger charge is -1.95. The zero-order valence-corrected chi connectivity index (χ0v) is 9.75. The lowest BCUT2D eigenvalue weighted by Crippen LogP contribution is -2.06. The monoisotopic (exact) mass is 211 g/mol. The Morgan fingerprint density at radius 2 is 2.00 bits per heavy atom. The van der Waals surface area contributed by atoms with Gasteiger partial charge >= 0.3 is 0 Å². The van der Waals surface area contributed by atoms with E-state index < -0.39 is 0 Å². The summed E-state index contributed by atoms with van der Waals surface area (Å²) in [6.45, 7) is 2.90. The number of aryl methyl sites for hydroxylation is 1. The lowest BCUT2D eigenvalue weighted by molar-refractivity contribution is 0.367. The number of unbranched alkanes of at least 4 members (excludes halogenated alkanes) is 4. The third kappa shape index (κ3) is 4.93. The molecule has 0 radical (unpaired) electrons. The van der Waals surface area contributed by atoms with Gasteiger partial charge in [0.2, 0.25) is 5.89 Å². The highest BCUT2D eigenvalue weighted by Crippen LogP contribution is 2.07. The Hall–Kier alpha value is -0.900. The molecule has 4 nitrogen and oxygen atoms in total. The van der Waals surface area contributed by atoms with Crippen LogP contribution in [0.15, 0.2) is 4.52 Å². The minimum atomic E-state index is 0.680. The van der Waals surface area contributed by atoms with Gasteiger partial charge in [-0.3, -0.25) is 0 Å². The van der Waals surface area contributed by atoms with Crippen molar-refractivity contribution in [3.05, 3.63) is 11.7 Å². The first kappa shape index (κ1) is 12.2. The van der Waals surface area contributed by atoms with Crippen molar-refractivity contribution in [3.8, 4) is 0 Å². The summed E-state index contributed by atoms with van der Waals surface area (Å²) in [5, 5.41) is 6.87. The quantitative estimate of drug-likeness (QED) is 0.670. The minimum absolute atomic E-state index is 0.680. The molecule has 0 spiro atoms. The molecule has 0 saturated heterocycles. The van der Waals surface area contributed by atoms with Crippen LogP contribution in [0.3, 0.4) is 0 Å². The van der Waals surface area contributed by atoms with Crippen LogP contribution in [-0.4, -0.2) is 17.2 Å². The molecule has 0 aliphatic heterocycles. The van der Waals surface area contributed by atoms with E-state index >= 15 is 0 Å². The Morgan fingerprint density at radius 3 is 2.73 bits per heavy atom. The highest BCUT2D eigenvalue weighted by molar-refractivity contribution is 4.85. The van der Waals surface area contributed by atoms with Crippen LogP contribution in [0.4, 0.5) is 0 Å². The van der Waals surface area contributed by atoms with Crippen LogP contribution in [0, 0.1) is 0 Å². The first-order chi connectivity index (χ1) is 7.36. The molecule has 0 aliphatic rings. The lowest BCUT2D eigenvalue weighted by atomic mass is 10.1. The van der Waals surface area contributed by atoms with Gasteiger partial charge < -0.3 is 9.84 Å². The fourth-order valence-corrected chi connectivity index (χ4v) is 1.50. The van der Waals surface area contributed by atoms with Crippen LogP contribution < -0.4 is 5.32 Å². The number of rotatable bonds is 8. The van der Waals surface area contributed by atoms with Crippen molar-refractivity contribution in [1.29, 1.82) is 0 Å². The maximum absolute atomic E-state index is 5.12. The van der Waals surface area contributed by atoms with E-state index in [0.717, 1.165) is 24.6 Å². The standard InChI is InChI=1S/C11H21N3O/c1-3-4-5-6-7-8-11-13-10(9-12-2)14-15-11/h12H,3-9H2,1-2H3. The van der Waals surface area contributed by atoms with E-state index in [0.29, 0.717) is 6.54 Å². The number of nitrogens with one attached hydrogen (secondary N) is 1. The summed E-state index contributed by atoms with van der Waals surface area (Å²) >= 11 is 0. The fourth-order valence-electron chi connectivity index (χ4n) is 1.50. The zero-order chi connectivity index (χ0) is 10.9. The number of nitrogens with zero attached hydrogens (tertiary/aromatic N) is 2. The van der Waals surface area contributed by atoms with E-state index in [1.807, 2.05) is 7.05 Å². The summed E-state index contributed by atoms with van der Waals surface area (Å²) in [6, 6.07) is 0. The van der Waals surface area contributed by atoms with E-state index in [2.05, 4.69) is 22.4 Å². The van der Waals surface area contributed by atoms with Crippen molar-refractivity contribution in [1.82, 2.24) is 15.5 Å². The minimum Gasteiger partial charge on any atom is -0.339 e. The summed E-state index contributed by atoms with van der Waals surface area (Å²) in [5.74, 6) is 1.53.